The van der Waals surface area contributed by atoms with Gasteiger partial charge in [0.15, 0.2) is 11.6 Å². The molecule has 1 aliphatic rings. The molecule has 1 aromatic carbocycles. The van der Waals surface area contributed by atoms with Gasteiger partial charge in [0.2, 0.25) is 5.91 Å². The maximum Gasteiger partial charge on any atom is 0.239 e. The van der Waals surface area contributed by atoms with Crippen molar-refractivity contribution < 1.29 is 13.6 Å². The quantitative estimate of drug-likeness (QED) is 0.910. The number of carbonyl (C=O) groups excluding carboxylic acids is 1. The van der Waals surface area contributed by atoms with Crippen LogP contribution < -0.4 is 5.32 Å². The molecule has 104 valence electrons. The Balaban J connectivity index is 1.97. The summed E-state index contributed by atoms with van der Waals surface area (Å²) in [6, 6.07) is 3.57. The zero-order valence-electron chi connectivity index (χ0n) is 11.0. The van der Waals surface area contributed by atoms with Gasteiger partial charge in [-0.05, 0) is 37.1 Å². The summed E-state index contributed by atoms with van der Waals surface area (Å²) in [6.07, 6.45) is 2.97. The third kappa shape index (κ3) is 3.50. The number of benzene rings is 1. The molecule has 0 aromatic heterocycles. The first-order valence-electron chi connectivity index (χ1n) is 6.50. The van der Waals surface area contributed by atoms with Crippen molar-refractivity contribution in [3.05, 3.63) is 35.4 Å². The zero-order chi connectivity index (χ0) is 13.8. The van der Waals surface area contributed by atoms with E-state index >= 15 is 0 Å². The molecule has 1 heterocycles. The topological polar surface area (TPSA) is 32.3 Å². The standard InChI is InChI=1S/C14H18F2N2O/c1-18(14(19)13-4-2-3-7-17-13)9-10-5-6-11(15)12(16)8-10/h5-6,8,13,17H,2-4,7,9H2,1H3/t13-/m1/s1. The predicted molar refractivity (Wildman–Crippen MR) is 68.5 cm³/mol. The largest absolute Gasteiger partial charge is 0.340 e. The average Bonchev–Trinajstić information content (AvgIpc) is 2.43. The van der Waals surface area contributed by atoms with Gasteiger partial charge in [-0.15, -0.1) is 0 Å². The number of halogens is 2. The lowest BCUT2D eigenvalue weighted by atomic mass is 10.0. The van der Waals surface area contributed by atoms with Gasteiger partial charge in [0.05, 0.1) is 6.04 Å². The molecule has 0 radical (unpaired) electrons. The van der Waals surface area contributed by atoms with Gasteiger partial charge in [-0.1, -0.05) is 12.5 Å². The Morgan fingerprint density at radius 1 is 1.37 bits per heavy atom. The van der Waals surface area contributed by atoms with Crippen molar-refractivity contribution in [3.63, 3.8) is 0 Å². The molecule has 1 fully saturated rings. The van der Waals surface area contributed by atoms with Crippen molar-refractivity contribution in [2.24, 2.45) is 0 Å². The number of likely N-dealkylation sites (N-methyl/N-ethyl adjacent to an activating group) is 1. The van der Waals surface area contributed by atoms with E-state index < -0.39 is 11.6 Å². The van der Waals surface area contributed by atoms with Crippen LogP contribution in [0.5, 0.6) is 0 Å². The monoisotopic (exact) mass is 268 g/mol. The second-order valence-electron chi connectivity index (χ2n) is 4.95. The van der Waals surface area contributed by atoms with Crippen molar-refractivity contribution in [1.82, 2.24) is 10.2 Å². The Kier molecular flexibility index (Phi) is 4.47. The van der Waals surface area contributed by atoms with Crippen molar-refractivity contribution in [2.75, 3.05) is 13.6 Å². The zero-order valence-corrected chi connectivity index (χ0v) is 11.0. The van der Waals surface area contributed by atoms with Crippen molar-refractivity contribution in [1.29, 1.82) is 0 Å². The van der Waals surface area contributed by atoms with Gasteiger partial charge in [0.1, 0.15) is 0 Å². The Bertz CT molecular complexity index is 459. The lowest BCUT2D eigenvalue weighted by molar-refractivity contribution is -0.133. The molecular weight excluding hydrogens is 250 g/mol. The van der Waals surface area contributed by atoms with Gasteiger partial charge in [0, 0.05) is 13.6 Å². The molecule has 1 amide bonds. The molecule has 1 saturated heterocycles. The van der Waals surface area contributed by atoms with E-state index in [-0.39, 0.29) is 18.5 Å². The van der Waals surface area contributed by atoms with Crippen LogP contribution in [0.15, 0.2) is 18.2 Å². The number of amides is 1. The number of piperidine rings is 1. The molecule has 1 atom stereocenters. The van der Waals surface area contributed by atoms with Gasteiger partial charge in [-0.25, -0.2) is 8.78 Å². The number of hydrogen-bond donors (Lipinski definition) is 1. The number of nitrogens with zero attached hydrogens (tertiary/aromatic N) is 1. The highest BCUT2D eigenvalue weighted by Gasteiger charge is 2.23. The molecule has 1 N–H and O–H groups in total. The number of carbonyl (C=O) groups is 1. The van der Waals surface area contributed by atoms with Crippen LogP contribution in [-0.2, 0) is 11.3 Å². The van der Waals surface area contributed by atoms with Gasteiger partial charge < -0.3 is 10.2 Å². The second-order valence-corrected chi connectivity index (χ2v) is 4.95. The SMILES string of the molecule is CN(Cc1ccc(F)c(F)c1)C(=O)[C@H]1CCCCN1. The maximum absolute atomic E-state index is 13.1. The van der Waals surface area contributed by atoms with Crippen molar-refractivity contribution >= 4 is 5.91 Å². The van der Waals surface area contributed by atoms with Crippen LogP contribution in [0.2, 0.25) is 0 Å². The second kappa shape index (κ2) is 6.10. The van der Waals surface area contributed by atoms with Gasteiger partial charge in [-0.3, -0.25) is 4.79 Å². The number of rotatable bonds is 3. The molecule has 1 aromatic rings. The van der Waals surface area contributed by atoms with Gasteiger partial charge in [-0.2, -0.15) is 0 Å². The normalized spacial score (nSPS) is 19.2. The summed E-state index contributed by atoms with van der Waals surface area (Å²) in [5.74, 6) is -1.75. The Labute approximate surface area is 111 Å². The molecular formula is C14H18F2N2O. The molecule has 2 rings (SSSR count). The minimum absolute atomic E-state index is 0.00410. The third-order valence-corrected chi connectivity index (χ3v) is 3.39. The first kappa shape index (κ1) is 13.9. The van der Waals surface area contributed by atoms with Crippen LogP contribution in [0.4, 0.5) is 8.78 Å². The lowest BCUT2D eigenvalue weighted by Crippen LogP contribution is -2.47. The first-order valence-corrected chi connectivity index (χ1v) is 6.50. The van der Waals surface area contributed by atoms with Crippen LogP contribution in [0.1, 0.15) is 24.8 Å². The molecule has 0 bridgehead atoms. The Hall–Kier alpha value is -1.49. The van der Waals surface area contributed by atoms with Crippen LogP contribution in [0.25, 0.3) is 0 Å². The van der Waals surface area contributed by atoms with Crippen LogP contribution in [0.3, 0.4) is 0 Å². The fraction of sp³-hybridized carbons (Fsp3) is 0.500. The van der Waals surface area contributed by atoms with E-state index in [2.05, 4.69) is 5.32 Å². The molecule has 3 nitrogen and oxygen atoms in total. The summed E-state index contributed by atoms with van der Waals surface area (Å²) in [5, 5.41) is 3.18. The van der Waals surface area contributed by atoms with Crippen LogP contribution in [-0.4, -0.2) is 30.4 Å². The number of nitrogens with one attached hydrogen (secondary N) is 1. The first-order chi connectivity index (χ1) is 9.08. The summed E-state index contributed by atoms with van der Waals surface area (Å²) in [4.78, 5) is 13.7. The van der Waals surface area contributed by atoms with Crippen molar-refractivity contribution in [2.45, 2.75) is 31.8 Å². The fourth-order valence-corrected chi connectivity index (χ4v) is 2.32. The highest BCUT2D eigenvalue weighted by molar-refractivity contribution is 5.81. The summed E-state index contributed by atoms with van der Waals surface area (Å²) >= 11 is 0. The highest BCUT2D eigenvalue weighted by atomic mass is 19.2. The van der Waals surface area contributed by atoms with Crippen LogP contribution in [0, 0.1) is 11.6 Å². The molecule has 0 unspecified atom stereocenters. The average molecular weight is 268 g/mol. The van der Waals surface area contributed by atoms with Crippen LogP contribution >= 0.6 is 0 Å². The highest BCUT2D eigenvalue weighted by Crippen LogP contribution is 2.13. The third-order valence-electron chi connectivity index (χ3n) is 3.39. The van der Waals surface area contributed by atoms with Gasteiger partial charge in [0.25, 0.3) is 0 Å². The molecule has 1 aliphatic heterocycles. The Morgan fingerprint density at radius 3 is 2.79 bits per heavy atom. The minimum Gasteiger partial charge on any atom is -0.340 e. The summed E-state index contributed by atoms with van der Waals surface area (Å²) in [5.41, 5.74) is 0.588. The van der Waals surface area contributed by atoms with E-state index in [0.717, 1.165) is 37.9 Å². The lowest BCUT2D eigenvalue weighted by Gasteiger charge is -2.27. The molecule has 0 saturated carbocycles. The summed E-state index contributed by atoms with van der Waals surface area (Å²) < 4.78 is 25.9. The van der Waals surface area contributed by atoms with E-state index in [0.29, 0.717) is 5.56 Å². The molecule has 5 heteroatoms. The van der Waals surface area contributed by atoms with Crippen molar-refractivity contribution in [3.8, 4) is 0 Å². The van der Waals surface area contributed by atoms with Gasteiger partial charge >= 0.3 is 0 Å². The number of hydrogen-bond acceptors (Lipinski definition) is 2. The smallest absolute Gasteiger partial charge is 0.239 e. The Morgan fingerprint density at radius 2 is 2.16 bits per heavy atom. The predicted octanol–water partition coefficient (Wildman–Crippen LogP) is 2.07. The summed E-state index contributed by atoms with van der Waals surface area (Å²) in [7, 11) is 1.68. The maximum atomic E-state index is 13.1. The fourth-order valence-electron chi connectivity index (χ4n) is 2.32. The molecule has 19 heavy (non-hydrogen) atoms. The van der Waals surface area contributed by atoms with E-state index in [1.807, 2.05) is 0 Å². The molecule has 0 spiro atoms. The van der Waals surface area contributed by atoms with E-state index in [9.17, 15) is 13.6 Å². The minimum atomic E-state index is -0.880. The summed E-state index contributed by atoms with van der Waals surface area (Å²) in [6.45, 7) is 1.14. The van der Waals surface area contributed by atoms with E-state index in [1.54, 1.807) is 11.9 Å². The molecule has 0 aliphatic carbocycles. The van der Waals surface area contributed by atoms with E-state index in [4.69, 9.17) is 0 Å². The van der Waals surface area contributed by atoms with E-state index in [1.165, 1.54) is 6.07 Å².